The molecule has 6 heteroatoms. The van der Waals surface area contributed by atoms with Crippen LogP contribution >= 0.6 is 47.8 Å². The first-order chi connectivity index (χ1) is 4.63. The van der Waals surface area contributed by atoms with Gasteiger partial charge in [0.15, 0.2) is 4.60 Å². The van der Waals surface area contributed by atoms with Crippen molar-refractivity contribution >= 4 is 47.8 Å². The van der Waals surface area contributed by atoms with E-state index in [0.29, 0.717) is 18.5 Å². The summed E-state index contributed by atoms with van der Waals surface area (Å²) in [7, 11) is 0. The van der Waals surface area contributed by atoms with Crippen LogP contribution in [0.5, 0.6) is 0 Å². The fourth-order valence-corrected chi connectivity index (χ4v) is 1.47. The van der Waals surface area contributed by atoms with E-state index in [9.17, 15) is 5.21 Å². The molecule has 0 aliphatic carbocycles. The third kappa shape index (κ3) is 1.49. The first kappa shape index (κ1) is 8.42. The summed E-state index contributed by atoms with van der Waals surface area (Å²) in [5, 5.41) is 10.9. The molecule has 1 aromatic rings. The molecule has 0 aliphatic rings. The van der Waals surface area contributed by atoms with Crippen LogP contribution in [0.25, 0.3) is 0 Å². The molecule has 1 rings (SSSR count). The van der Waals surface area contributed by atoms with Gasteiger partial charge < -0.3 is 5.21 Å². The van der Waals surface area contributed by atoms with E-state index in [-0.39, 0.29) is 0 Å². The van der Waals surface area contributed by atoms with Crippen LogP contribution in [0, 0.1) is 5.21 Å². The fraction of sp³-hybridized carbons (Fsp3) is 0. The van der Waals surface area contributed by atoms with Gasteiger partial charge in [0.05, 0.1) is 0 Å². The van der Waals surface area contributed by atoms with E-state index in [1.165, 1.54) is 6.20 Å². The topological polar surface area (TPSA) is 39.8 Å². The van der Waals surface area contributed by atoms with Crippen LogP contribution in [-0.4, -0.2) is 4.98 Å². The first-order valence-electron chi connectivity index (χ1n) is 2.22. The molecule has 0 saturated carbocycles. The molecule has 0 fully saturated rings. The van der Waals surface area contributed by atoms with Gasteiger partial charge in [-0.2, -0.15) is 0 Å². The molecule has 1 aromatic heterocycles. The maximum atomic E-state index is 10.9. The molecule has 0 atom stereocenters. The van der Waals surface area contributed by atoms with E-state index >= 15 is 0 Å². The van der Waals surface area contributed by atoms with Gasteiger partial charge in [-0.1, -0.05) is 0 Å². The third-order valence-electron chi connectivity index (χ3n) is 0.827. The smallest absolute Gasteiger partial charge is 0.293 e. The molecule has 3 nitrogen and oxygen atoms in total. The molecule has 0 aromatic carbocycles. The summed E-state index contributed by atoms with van der Waals surface area (Å²) in [5.74, 6) is 0. The van der Waals surface area contributed by atoms with Crippen molar-refractivity contribution in [2.75, 3.05) is 0 Å². The van der Waals surface area contributed by atoms with E-state index in [0.717, 1.165) is 0 Å². The lowest BCUT2D eigenvalue weighted by molar-refractivity contribution is -0.630. The summed E-state index contributed by atoms with van der Waals surface area (Å²) in [6, 6.07) is 0. The standard InChI is InChI=1S/C4HBr3N2O/c5-2-1-8-3(6)4(7)9(2)10/h1H. The van der Waals surface area contributed by atoms with Crippen molar-refractivity contribution < 1.29 is 4.73 Å². The first-order valence-corrected chi connectivity index (χ1v) is 4.60. The number of nitrogens with zero attached hydrogens (tertiary/aromatic N) is 2. The van der Waals surface area contributed by atoms with Crippen LogP contribution in [0.4, 0.5) is 0 Å². The molecule has 0 radical (unpaired) electrons. The number of hydrogen-bond donors (Lipinski definition) is 0. The summed E-state index contributed by atoms with van der Waals surface area (Å²) in [6.45, 7) is 0. The van der Waals surface area contributed by atoms with Crippen molar-refractivity contribution in [1.29, 1.82) is 0 Å². The summed E-state index contributed by atoms with van der Waals surface area (Å²) < 4.78 is 1.91. The van der Waals surface area contributed by atoms with Crippen LogP contribution in [-0.2, 0) is 0 Å². The summed E-state index contributed by atoms with van der Waals surface area (Å²) in [4.78, 5) is 3.84. The fourth-order valence-electron chi connectivity index (χ4n) is 0.393. The molecule has 0 aliphatic heterocycles. The molecule has 0 saturated heterocycles. The van der Waals surface area contributed by atoms with Crippen molar-refractivity contribution in [3.8, 4) is 0 Å². The lowest BCUT2D eigenvalue weighted by atomic mass is 10.8. The molecular weight excluding hydrogens is 332 g/mol. The Morgan fingerprint density at radius 1 is 1.40 bits per heavy atom. The molecule has 1 heterocycles. The predicted molar refractivity (Wildman–Crippen MR) is 46.3 cm³/mol. The highest BCUT2D eigenvalue weighted by atomic mass is 79.9. The van der Waals surface area contributed by atoms with Crippen LogP contribution < -0.4 is 4.73 Å². The second kappa shape index (κ2) is 3.15. The zero-order valence-electron chi connectivity index (χ0n) is 4.51. The van der Waals surface area contributed by atoms with E-state index in [1.54, 1.807) is 0 Å². The molecule has 0 unspecified atom stereocenters. The van der Waals surface area contributed by atoms with Gasteiger partial charge in [-0.05, 0) is 15.9 Å². The van der Waals surface area contributed by atoms with Gasteiger partial charge in [0.25, 0.3) is 9.21 Å². The lowest BCUT2D eigenvalue weighted by Gasteiger charge is -2.00. The Morgan fingerprint density at radius 2 is 2.00 bits per heavy atom. The zero-order chi connectivity index (χ0) is 7.72. The summed E-state index contributed by atoms with van der Waals surface area (Å²) in [6.07, 6.45) is 1.42. The highest BCUT2D eigenvalue weighted by Gasteiger charge is 2.10. The zero-order valence-corrected chi connectivity index (χ0v) is 9.27. The number of halogens is 3. The van der Waals surface area contributed by atoms with E-state index in [4.69, 9.17) is 0 Å². The van der Waals surface area contributed by atoms with Gasteiger partial charge in [-0.15, -0.1) is 4.73 Å². The van der Waals surface area contributed by atoms with Gasteiger partial charge in [-0.3, -0.25) is 0 Å². The minimum absolute atomic E-state index is 0.363. The van der Waals surface area contributed by atoms with Gasteiger partial charge in [0.1, 0.15) is 6.20 Å². The van der Waals surface area contributed by atoms with Crippen molar-refractivity contribution in [1.82, 2.24) is 4.98 Å². The molecule has 10 heavy (non-hydrogen) atoms. The van der Waals surface area contributed by atoms with Crippen LogP contribution in [0.15, 0.2) is 20.0 Å². The Labute approximate surface area is 82.4 Å². The lowest BCUT2D eigenvalue weighted by Crippen LogP contribution is -2.30. The Balaban J connectivity index is 3.34. The maximum absolute atomic E-state index is 10.9. The van der Waals surface area contributed by atoms with Crippen molar-refractivity contribution in [2.45, 2.75) is 0 Å². The summed E-state index contributed by atoms with van der Waals surface area (Å²) in [5.41, 5.74) is 0. The quantitative estimate of drug-likeness (QED) is 0.538. The van der Waals surface area contributed by atoms with Crippen LogP contribution in [0.1, 0.15) is 0 Å². The highest BCUT2D eigenvalue weighted by molar-refractivity contribution is 9.13. The highest BCUT2D eigenvalue weighted by Crippen LogP contribution is 2.17. The molecule has 0 N–H and O–H groups in total. The van der Waals surface area contributed by atoms with Crippen LogP contribution in [0.3, 0.4) is 0 Å². The number of hydrogen-bond acceptors (Lipinski definition) is 2. The van der Waals surface area contributed by atoms with Gasteiger partial charge in [-0.25, -0.2) is 4.98 Å². The predicted octanol–water partition coefficient (Wildman–Crippen LogP) is 2.00. The van der Waals surface area contributed by atoms with Crippen molar-refractivity contribution in [3.63, 3.8) is 0 Å². The maximum Gasteiger partial charge on any atom is 0.293 e. The molecular formula is C4HBr3N2O. The third-order valence-corrected chi connectivity index (χ3v) is 3.16. The Morgan fingerprint density at radius 3 is 2.50 bits per heavy atom. The number of rotatable bonds is 0. The summed E-state index contributed by atoms with van der Waals surface area (Å²) >= 11 is 9.14. The second-order valence-electron chi connectivity index (χ2n) is 1.46. The average Bonchev–Trinajstić information content (AvgIpc) is 1.93. The van der Waals surface area contributed by atoms with E-state index in [2.05, 4.69) is 52.8 Å². The average molecular weight is 333 g/mol. The Hall–Kier alpha value is 0.320. The van der Waals surface area contributed by atoms with E-state index < -0.39 is 0 Å². The number of aromatic nitrogens is 2. The Bertz CT molecular complexity index is 238. The normalized spacial score (nSPS) is 9.90. The molecule has 0 spiro atoms. The minimum atomic E-state index is 0.363. The molecule has 0 bridgehead atoms. The minimum Gasteiger partial charge on any atom is -0.617 e. The van der Waals surface area contributed by atoms with Gasteiger partial charge in [0.2, 0.25) is 0 Å². The van der Waals surface area contributed by atoms with E-state index in [1.807, 2.05) is 0 Å². The molecule has 0 amide bonds. The van der Waals surface area contributed by atoms with Crippen molar-refractivity contribution in [2.24, 2.45) is 0 Å². The van der Waals surface area contributed by atoms with Crippen LogP contribution in [0.2, 0.25) is 0 Å². The van der Waals surface area contributed by atoms with Gasteiger partial charge >= 0.3 is 0 Å². The van der Waals surface area contributed by atoms with Gasteiger partial charge in [0, 0.05) is 31.9 Å². The van der Waals surface area contributed by atoms with Crippen molar-refractivity contribution in [3.05, 3.63) is 25.2 Å². The largest absolute Gasteiger partial charge is 0.617 e. The SMILES string of the molecule is [O-][n+]1c(Br)cnc(Br)c1Br. The Kier molecular flexibility index (Phi) is 2.65. The monoisotopic (exact) mass is 330 g/mol. The second-order valence-corrected chi connectivity index (χ2v) is 3.77. The molecule has 54 valence electrons.